The van der Waals surface area contributed by atoms with Gasteiger partial charge in [-0.05, 0) is 24.0 Å². The maximum Gasteiger partial charge on any atom is 0.120 e. The highest BCUT2D eigenvalue weighted by atomic mass is 16.1. The van der Waals surface area contributed by atoms with E-state index >= 15 is 0 Å². The Hall–Kier alpha value is -1.57. The summed E-state index contributed by atoms with van der Waals surface area (Å²) in [4.78, 5) is 14.0. The lowest BCUT2D eigenvalue weighted by Crippen LogP contribution is -1.98. The van der Waals surface area contributed by atoms with Gasteiger partial charge in [0.15, 0.2) is 0 Å². The van der Waals surface area contributed by atoms with Crippen molar-refractivity contribution in [3.05, 3.63) is 36.0 Å². The van der Waals surface area contributed by atoms with Crippen LogP contribution in [0, 0.1) is 0 Å². The average molecular weight is 215 g/mol. The zero-order valence-electron chi connectivity index (χ0n) is 9.57. The Morgan fingerprint density at radius 3 is 2.94 bits per heavy atom. The third-order valence-electron chi connectivity index (χ3n) is 3.08. The topological polar surface area (TPSA) is 32.9 Å². The van der Waals surface area contributed by atoms with Crippen LogP contribution in [0.2, 0.25) is 0 Å². The monoisotopic (exact) mass is 215 g/mol. The van der Waals surface area contributed by atoms with Crippen LogP contribution in [0.1, 0.15) is 37.7 Å². The normalized spacial score (nSPS) is 12.8. The summed E-state index contributed by atoms with van der Waals surface area (Å²) in [7, 11) is 0. The van der Waals surface area contributed by atoms with E-state index < -0.39 is 0 Å². The lowest BCUT2D eigenvalue weighted by atomic mass is 9.92. The van der Waals surface area contributed by atoms with Gasteiger partial charge in [0.25, 0.3) is 0 Å². The Labute approximate surface area is 95.7 Å². The number of nitrogens with one attached hydrogen (secondary N) is 1. The van der Waals surface area contributed by atoms with Crippen molar-refractivity contribution in [2.24, 2.45) is 0 Å². The number of fused-ring (bicyclic) bond motifs is 1. The first-order chi connectivity index (χ1) is 7.86. The van der Waals surface area contributed by atoms with E-state index in [1.165, 1.54) is 10.9 Å². The molecule has 0 saturated heterocycles. The molecule has 0 fully saturated rings. The van der Waals surface area contributed by atoms with E-state index in [-0.39, 0.29) is 0 Å². The van der Waals surface area contributed by atoms with E-state index in [9.17, 15) is 4.79 Å². The lowest BCUT2D eigenvalue weighted by molar-refractivity contribution is -0.108. The summed E-state index contributed by atoms with van der Waals surface area (Å²) in [6, 6.07) is 8.26. The van der Waals surface area contributed by atoms with Gasteiger partial charge in [-0.2, -0.15) is 0 Å². The van der Waals surface area contributed by atoms with Gasteiger partial charge in [-0.25, -0.2) is 0 Å². The Kier molecular flexibility index (Phi) is 3.40. The molecule has 2 aromatic rings. The van der Waals surface area contributed by atoms with E-state index in [1.54, 1.807) is 0 Å². The number of aldehydes is 1. The van der Waals surface area contributed by atoms with Crippen LogP contribution in [0.4, 0.5) is 0 Å². The Morgan fingerprint density at radius 2 is 2.19 bits per heavy atom. The summed E-state index contributed by atoms with van der Waals surface area (Å²) in [5, 5.41) is 1.25. The highest BCUT2D eigenvalue weighted by molar-refractivity contribution is 5.83. The van der Waals surface area contributed by atoms with E-state index in [0.29, 0.717) is 12.3 Å². The van der Waals surface area contributed by atoms with E-state index in [1.807, 2.05) is 12.1 Å². The quantitative estimate of drug-likeness (QED) is 0.759. The van der Waals surface area contributed by atoms with Crippen molar-refractivity contribution in [3.8, 4) is 0 Å². The molecule has 1 aromatic heterocycles. The predicted molar refractivity (Wildman–Crippen MR) is 66.6 cm³/mol. The first-order valence-corrected chi connectivity index (χ1v) is 5.86. The third kappa shape index (κ3) is 2.01. The Morgan fingerprint density at radius 1 is 1.38 bits per heavy atom. The highest BCUT2D eigenvalue weighted by Crippen LogP contribution is 2.30. The molecule has 0 saturated carbocycles. The van der Waals surface area contributed by atoms with Crippen LogP contribution >= 0.6 is 0 Å². The van der Waals surface area contributed by atoms with Crippen molar-refractivity contribution in [2.75, 3.05) is 0 Å². The van der Waals surface area contributed by atoms with Gasteiger partial charge in [0.2, 0.25) is 0 Å². The number of hydrogen-bond acceptors (Lipinski definition) is 1. The molecule has 0 spiro atoms. The molecule has 1 N–H and O–H groups in total. The number of aromatic nitrogens is 1. The van der Waals surface area contributed by atoms with Crippen LogP contribution in [0.5, 0.6) is 0 Å². The molecule has 1 aromatic carbocycles. The average Bonchev–Trinajstić information content (AvgIpc) is 2.72. The number of carbonyl (C=O) groups excluding carboxylic acids is 1. The van der Waals surface area contributed by atoms with E-state index in [4.69, 9.17) is 0 Å². The van der Waals surface area contributed by atoms with Gasteiger partial charge >= 0.3 is 0 Å². The SMILES string of the molecule is CCCC(CC=O)c1c[nH]c2ccccc12. The van der Waals surface area contributed by atoms with Crippen molar-refractivity contribution < 1.29 is 4.79 Å². The molecule has 84 valence electrons. The largest absolute Gasteiger partial charge is 0.361 e. The standard InChI is InChI=1S/C14H17NO/c1-2-5-11(8-9-16)13-10-15-14-7-4-3-6-12(13)14/h3-4,6-7,9-11,15H,2,5,8H2,1H3. The first kappa shape index (κ1) is 10.9. The van der Waals surface area contributed by atoms with Crippen LogP contribution in [-0.2, 0) is 4.79 Å². The number of para-hydroxylation sites is 1. The number of hydrogen-bond donors (Lipinski definition) is 1. The second-order valence-corrected chi connectivity index (χ2v) is 4.18. The predicted octanol–water partition coefficient (Wildman–Crippen LogP) is 3.64. The molecular weight excluding hydrogens is 198 g/mol. The van der Waals surface area contributed by atoms with Crippen molar-refractivity contribution in [1.29, 1.82) is 0 Å². The fourth-order valence-electron chi connectivity index (χ4n) is 2.30. The van der Waals surface area contributed by atoms with Gasteiger partial charge in [0.1, 0.15) is 6.29 Å². The fourth-order valence-corrected chi connectivity index (χ4v) is 2.30. The Bertz CT molecular complexity index is 472. The molecule has 0 aliphatic heterocycles. The minimum atomic E-state index is 0.360. The molecule has 1 unspecified atom stereocenters. The van der Waals surface area contributed by atoms with Crippen LogP contribution in [0.3, 0.4) is 0 Å². The van der Waals surface area contributed by atoms with Crippen molar-refractivity contribution in [2.45, 2.75) is 32.1 Å². The summed E-state index contributed by atoms with van der Waals surface area (Å²) < 4.78 is 0. The smallest absolute Gasteiger partial charge is 0.120 e. The van der Waals surface area contributed by atoms with Gasteiger partial charge in [0, 0.05) is 23.5 Å². The third-order valence-corrected chi connectivity index (χ3v) is 3.08. The van der Waals surface area contributed by atoms with Crippen LogP contribution in [-0.4, -0.2) is 11.3 Å². The van der Waals surface area contributed by atoms with Gasteiger partial charge in [-0.3, -0.25) is 0 Å². The molecule has 16 heavy (non-hydrogen) atoms. The molecule has 2 rings (SSSR count). The van der Waals surface area contributed by atoms with Crippen LogP contribution in [0.15, 0.2) is 30.5 Å². The minimum absolute atomic E-state index is 0.360. The van der Waals surface area contributed by atoms with E-state index in [2.05, 4.69) is 30.2 Å². The van der Waals surface area contributed by atoms with Crippen LogP contribution < -0.4 is 0 Å². The molecule has 1 heterocycles. The molecule has 2 heteroatoms. The summed E-state index contributed by atoms with van der Waals surface area (Å²) in [5.41, 5.74) is 2.44. The maximum atomic E-state index is 10.7. The molecule has 0 bridgehead atoms. The first-order valence-electron chi connectivity index (χ1n) is 5.86. The Balaban J connectivity index is 2.39. The van der Waals surface area contributed by atoms with Crippen LogP contribution in [0.25, 0.3) is 10.9 Å². The highest BCUT2D eigenvalue weighted by Gasteiger charge is 2.14. The van der Waals surface area contributed by atoms with Gasteiger partial charge < -0.3 is 9.78 Å². The second kappa shape index (κ2) is 4.97. The summed E-state index contributed by atoms with van der Waals surface area (Å²) in [6.45, 7) is 2.16. The van der Waals surface area contributed by atoms with Gasteiger partial charge in [-0.15, -0.1) is 0 Å². The summed E-state index contributed by atoms with van der Waals surface area (Å²) in [5.74, 6) is 0.360. The zero-order valence-corrected chi connectivity index (χ0v) is 9.57. The lowest BCUT2D eigenvalue weighted by Gasteiger charge is -2.11. The van der Waals surface area contributed by atoms with Crippen molar-refractivity contribution in [1.82, 2.24) is 4.98 Å². The summed E-state index contributed by atoms with van der Waals surface area (Å²) >= 11 is 0. The number of benzene rings is 1. The maximum absolute atomic E-state index is 10.7. The van der Waals surface area contributed by atoms with Gasteiger partial charge in [0.05, 0.1) is 0 Å². The molecular formula is C14H17NO. The summed E-state index contributed by atoms with van der Waals surface area (Å²) in [6.07, 6.45) is 5.88. The number of H-pyrrole nitrogens is 1. The minimum Gasteiger partial charge on any atom is -0.361 e. The van der Waals surface area contributed by atoms with E-state index in [0.717, 1.165) is 24.6 Å². The number of rotatable bonds is 5. The van der Waals surface area contributed by atoms with Gasteiger partial charge in [-0.1, -0.05) is 31.5 Å². The second-order valence-electron chi connectivity index (χ2n) is 4.18. The molecule has 0 radical (unpaired) electrons. The van der Waals surface area contributed by atoms with Crippen molar-refractivity contribution >= 4 is 17.2 Å². The molecule has 1 atom stereocenters. The fraction of sp³-hybridized carbons (Fsp3) is 0.357. The molecule has 0 aliphatic carbocycles. The number of carbonyl (C=O) groups is 1. The zero-order chi connectivity index (χ0) is 11.4. The number of aromatic amines is 1. The molecule has 0 aliphatic rings. The molecule has 0 amide bonds. The van der Waals surface area contributed by atoms with Crippen molar-refractivity contribution in [3.63, 3.8) is 0 Å². The molecule has 2 nitrogen and oxygen atoms in total.